The summed E-state index contributed by atoms with van der Waals surface area (Å²) in [5, 5.41) is 0.538. The van der Waals surface area contributed by atoms with Crippen molar-refractivity contribution in [3.63, 3.8) is 0 Å². The molecule has 1 saturated heterocycles. The van der Waals surface area contributed by atoms with E-state index in [-0.39, 0.29) is 22.8 Å². The van der Waals surface area contributed by atoms with E-state index < -0.39 is 0 Å². The number of hydrogen-bond donors (Lipinski definition) is 0. The van der Waals surface area contributed by atoms with Gasteiger partial charge in [0.05, 0.1) is 24.1 Å². The van der Waals surface area contributed by atoms with Crippen LogP contribution in [0.4, 0.5) is 5.95 Å². The zero-order valence-electron chi connectivity index (χ0n) is 17.9. The van der Waals surface area contributed by atoms with Gasteiger partial charge >= 0.3 is 0 Å². The van der Waals surface area contributed by atoms with Crippen LogP contribution >= 0.6 is 0 Å². The normalized spacial score (nSPS) is 19.4. The van der Waals surface area contributed by atoms with E-state index in [1.807, 2.05) is 35.8 Å². The minimum atomic E-state index is -0.0665. The fourth-order valence-corrected chi connectivity index (χ4v) is 5.48. The minimum Gasteiger partial charge on any atom is -0.380 e. The molecule has 6 heteroatoms. The number of rotatable bonds is 3. The van der Waals surface area contributed by atoms with Gasteiger partial charge in [-0.2, -0.15) is 0 Å². The van der Waals surface area contributed by atoms with Crippen molar-refractivity contribution < 1.29 is 9.53 Å². The monoisotopic (exact) mass is 415 g/mol. The Labute approximate surface area is 180 Å². The zero-order chi connectivity index (χ0) is 21.3. The molecule has 0 atom stereocenters. The number of nitrogens with zero attached hydrogens (tertiary/aromatic N) is 3. The summed E-state index contributed by atoms with van der Waals surface area (Å²) in [4.78, 5) is 33.4. The molecule has 3 aliphatic rings. The van der Waals surface area contributed by atoms with Gasteiger partial charge < -0.3 is 9.64 Å². The van der Waals surface area contributed by atoms with E-state index >= 15 is 0 Å². The Morgan fingerprint density at radius 3 is 2.39 bits per heavy atom. The maximum absolute atomic E-state index is 13.8. The van der Waals surface area contributed by atoms with Crippen LogP contribution in [-0.2, 0) is 17.8 Å². The van der Waals surface area contributed by atoms with Gasteiger partial charge in [0, 0.05) is 30.1 Å². The molecule has 3 heterocycles. The first-order valence-electron chi connectivity index (χ1n) is 10.9. The molecule has 31 heavy (non-hydrogen) atoms. The third kappa shape index (κ3) is 2.78. The van der Waals surface area contributed by atoms with Crippen LogP contribution in [0.2, 0.25) is 0 Å². The zero-order valence-corrected chi connectivity index (χ0v) is 17.9. The summed E-state index contributed by atoms with van der Waals surface area (Å²) >= 11 is 0. The van der Waals surface area contributed by atoms with Crippen molar-refractivity contribution in [3.05, 3.63) is 69.0 Å². The molecule has 1 aromatic heterocycles. The van der Waals surface area contributed by atoms with Crippen LogP contribution in [0, 0.1) is 12.3 Å². The van der Waals surface area contributed by atoms with E-state index in [2.05, 4.69) is 17.0 Å². The number of benzene rings is 2. The van der Waals surface area contributed by atoms with Crippen LogP contribution < -0.4 is 10.5 Å². The van der Waals surface area contributed by atoms with Crippen LogP contribution in [0.15, 0.2) is 41.2 Å². The van der Waals surface area contributed by atoms with Crippen molar-refractivity contribution in [2.24, 2.45) is 5.41 Å². The maximum Gasteiger partial charge on any atom is 0.263 e. The summed E-state index contributed by atoms with van der Waals surface area (Å²) in [5.41, 5.74) is 4.67. The molecule has 2 fully saturated rings. The van der Waals surface area contributed by atoms with Gasteiger partial charge in [-0.05, 0) is 55.5 Å². The molecule has 2 aliphatic heterocycles. The molecule has 1 spiro atoms. The van der Waals surface area contributed by atoms with Crippen LogP contribution in [-0.4, -0.2) is 28.5 Å². The topological polar surface area (TPSA) is 64.4 Å². The molecule has 0 N–H and O–H groups in total. The Morgan fingerprint density at radius 1 is 1.13 bits per heavy atom. The SMILES string of the molecule is CC(=O)c1cc(C)cc2c(=O)n(C3CC4(COC4)C3)c(N3Cc4ccccc4C3)nc12. The molecule has 6 rings (SSSR count). The number of ether oxygens (including phenoxy) is 1. The van der Waals surface area contributed by atoms with Gasteiger partial charge in [0.1, 0.15) is 0 Å². The lowest BCUT2D eigenvalue weighted by atomic mass is 9.64. The number of ketones is 1. The van der Waals surface area contributed by atoms with E-state index in [0.717, 1.165) is 44.7 Å². The second kappa shape index (κ2) is 6.50. The number of Topliss-reactive ketones (excluding diaryl/α,β-unsaturated/α-hetero) is 1. The van der Waals surface area contributed by atoms with Gasteiger partial charge in [-0.15, -0.1) is 0 Å². The van der Waals surface area contributed by atoms with Crippen molar-refractivity contribution in [1.82, 2.24) is 9.55 Å². The van der Waals surface area contributed by atoms with E-state index in [0.29, 0.717) is 22.4 Å². The molecular formula is C25H25N3O3. The molecule has 1 aliphatic carbocycles. The van der Waals surface area contributed by atoms with Crippen LogP contribution in [0.5, 0.6) is 0 Å². The maximum atomic E-state index is 13.8. The molecule has 0 unspecified atom stereocenters. The molecule has 1 saturated carbocycles. The Hall–Kier alpha value is -2.99. The number of hydrogen-bond acceptors (Lipinski definition) is 5. The van der Waals surface area contributed by atoms with Crippen molar-refractivity contribution >= 4 is 22.6 Å². The third-order valence-electron chi connectivity index (χ3n) is 7.15. The Morgan fingerprint density at radius 2 is 1.81 bits per heavy atom. The van der Waals surface area contributed by atoms with Gasteiger partial charge in [-0.25, -0.2) is 4.98 Å². The highest BCUT2D eigenvalue weighted by Crippen LogP contribution is 2.53. The molecule has 6 nitrogen and oxygen atoms in total. The number of aromatic nitrogens is 2. The first kappa shape index (κ1) is 18.8. The largest absolute Gasteiger partial charge is 0.380 e. The molecule has 158 valence electrons. The highest BCUT2D eigenvalue weighted by atomic mass is 16.5. The van der Waals surface area contributed by atoms with Gasteiger partial charge in [0.25, 0.3) is 5.56 Å². The highest BCUT2D eigenvalue weighted by Gasteiger charge is 2.51. The van der Waals surface area contributed by atoms with E-state index in [9.17, 15) is 9.59 Å². The van der Waals surface area contributed by atoms with Crippen LogP contribution in [0.25, 0.3) is 10.9 Å². The van der Waals surface area contributed by atoms with Gasteiger partial charge in [-0.3, -0.25) is 14.2 Å². The molecule has 0 radical (unpaired) electrons. The number of anilines is 1. The Bertz CT molecular complexity index is 1270. The smallest absolute Gasteiger partial charge is 0.263 e. The van der Waals surface area contributed by atoms with E-state index in [1.54, 1.807) is 6.92 Å². The summed E-state index contributed by atoms with van der Waals surface area (Å²) in [7, 11) is 0. The first-order valence-corrected chi connectivity index (χ1v) is 10.9. The number of carbonyl (C=O) groups excluding carboxylic acids is 1. The van der Waals surface area contributed by atoms with Gasteiger partial charge in [-0.1, -0.05) is 24.3 Å². The fraction of sp³-hybridized carbons (Fsp3) is 0.400. The minimum absolute atomic E-state index is 0.0396. The fourth-order valence-electron chi connectivity index (χ4n) is 5.48. The average Bonchev–Trinajstić information content (AvgIpc) is 3.11. The lowest BCUT2D eigenvalue weighted by molar-refractivity contribution is -0.174. The summed E-state index contributed by atoms with van der Waals surface area (Å²) in [5.74, 6) is 0.614. The van der Waals surface area contributed by atoms with Crippen molar-refractivity contribution in [2.45, 2.75) is 45.8 Å². The third-order valence-corrected chi connectivity index (χ3v) is 7.15. The van der Waals surface area contributed by atoms with Crippen LogP contribution in [0.1, 0.15) is 52.9 Å². The van der Waals surface area contributed by atoms with Crippen molar-refractivity contribution in [3.8, 4) is 0 Å². The number of fused-ring (bicyclic) bond motifs is 2. The molecule has 0 bridgehead atoms. The van der Waals surface area contributed by atoms with Crippen molar-refractivity contribution in [1.29, 1.82) is 0 Å². The molecule has 0 amide bonds. The van der Waals surface area contributed by atoms with Gasteiger partial charge in [0.15, 0.2) is 5.78 Å². The van der Waals surface area contributed by atoms with E-state index in [4.69, 9.17) is 9.72 Å². The standard InChI is InChI=1S/C25H25N3O3/c1-15-7-20(16(2)29)22-21(8-15)23(30)28(19-9-25(10-19)13-31-14-25)24(26-22)27-11-17-5-3-4-6-18(17)12-27/h3-8,19H,9-14H2,1-2H3. The average molecular weight is 415 g/mol. The van der Waals surface area contributed by atoms with Crippen molar-refractivity contribution in [2.75, 3.05) is 18.1 Å². The summed E-state index contributed by atoms with van der Waals surface area (Å²) in [6.07, 6.45) is 1.89. The van der Waals surface area contributed by atoms with Gasteiger partial charge in [0.2, 0.25) is 5.95 Å². The molecule has 3 aromatic rings. The van der Waals surface area contributed by atoms with Crippen LogP contribution in [0.3, 0.4) is 0 Å². The first-order chi connectivity index (χ1) is 14.9. The predicted octanol–water partition coefficient (Wildman–Crippen LogP) is 3.78. The summed E-state index contributed by atoms with van der Waals surface area (Å²) in [6.45, 7) is 6.48. The van der Waals surface area contributed by atoms with E-state index in [1.165, 1.54) is 11.1 Å². The second-order valence-corrected chi connectivity index (χ2v) is 9.53. The molecular weight excluding hydrogens is 390 g/mol. The Kier molecular flexibility index (Phi) is 3.93. The quantitative estimate of drug-likeness (QED) is 0.609. The summed E-state index contributed by atoms with van der Waals surface area (Å²) < 4.78 is 7.35. The Balaban J connectivity index is 1.54. The second-order valence-electron chi connectivity index (χ2n) is 9.53. The lowest BCUT2D eigenvalue weighted by Crippen LogP contribution is -2.54. The number of aryl methyl sites for hydroxylation is 1. The predicted molar refractivity (Wildman–Crippen MR) is 119 cm³/mol. The molecule has 2 aromatic carbocycles. The number of carbonyl (C=O) groups is 1. The summed E-state index contributed by atoms with van der Waals surface area (Å²) in [6, 6.07) is 12.2. The lowest BCUT2D eigenvalue weighted by Gasteiger charge is -2.53. The highest BCUT2D eigenvalue weighted by molar-refractivity contribution is 6.05.